The van der Waals surface area contributed by atoms with Gasteiger partial charge in [0.15, 0.2) is 0 Å². The summed E-state index contributed by atoms with van der Waals surface area (Å²) in [5.41, 5.74) is -0.224. The van der Waals surface area contributed by atoms with Crippen molar-refractivity contribution in [2.45, 2.75) is 64.0 Å². The quantitative estimate of drug-likeness (QED) is 0.748. The molecule has 0 spiro atoms. The second kappa shape index (κ2) is 7.75. The Labute approximate surface area is 176 Å². The zero-order chi connectivity index (χ0) is 20.7. The van der Waals surface area contributed by atoms with Crippen LogP contribution < -0.4 is 10.6 Å². The summed E-state index contributed by atoms with van der Waals surface area (Å²) in [4.78, 5) is 40.4. The molecule has 7 heteroatoms. The fraction of sp³-hybridized carbons (Fsp3) is 0.696. The van der Waals surface area contributed by atoms with Crippen LogP contribution in [0.3, 0.4) is 0 Å². The normalized spacial score (nSPS) is 34.2. The molecule has 0 radical (unpaired) electrons. The molecule has 0 aromatic carbocycles. The molecule has 1 atom stereocenters. The average molecular weight is 414 g/mol. The molecule has 30 heavy (non-hydrogen) atoms. The van der Waals surface area contributed by atoms with Crippen LogP contribution in [0.15, 0.2) is 22.8 Å². The van der Waals surface area contributed by atoms with Crippen molar-refractivity contribution in [2.24, 2.45) is 23.2 Å². The number of carbonyl (C=O) groups is 3. The first-order chi connectivity index (χ1) is 14.5. The van der Waals surface area contributed by atoms with Crippen molar-refractivity contribution in [2.75, 3.05) is 13.1 Å². The molecule has 6 rings (SSSR count). The second-order valence-corrected chi connectivity index (χ2v) is 9.93. The number of nitrogens with one attached hydrogen (secondary N) is 2. The Morgan fingerprint density at radius 3 is 2.40 bits per heavy atom. The van der Waals surface area contributed by atoms with Crippen molar-refractivity contribution in [1.29, 1.82) is 0 Å². The maximum absolute atomic E-state index is 13.6. The predicted molar refractivity (Wildman–Crippen MR) is 109 cm³/mol. The number of nitrogens with zero attached hydrogens (tertiary/aromatic N) is 1. The van der Waals surface area contributed by atoms with Gasteiger partial charge in [-0.3, -0.25) is 14.4 Å². The molecule has 2 heterocycles. The summed E-state index contributed by atoms with van der Waals surface area (Å²) in [7, 11) is 0. The number of hydrogen-bond acceptors (Lipinski definition) is 4. The zero-order valence-electron chi connectivity index (χ0n) is 17.4. The van der Waals surface area contributed by atoms with Gasteiger partial charge in [-0.2, -0.15) is 0 Å². The second-order valence-electron chi connectivity index (χ2n) is 9.93. The van der Waals surface area contributed by atoms with E-state index in [0.717, 1.165) is 25.7 Å². The van der Waals surface area contributed by atoms with Gasteiger partial charge < -0.3 is 20.0 Å². The molecule has 2 N–H and O–H groups in total. The molecule has 4 bridgehead atoms. The number of amides is 3. The Balaban J connectivity index is 1.17. The highest BCUT2D eigenvalue weighted by Crippen LogP contribution is 2.60. The molecule has 1 aromatic heterocycles. The van der Waals surface area contributed by atoms with Gasteiger partial charge >= 0.3 is 0 Å². The lowest BCUT2D eigenvalue weighted by molar-refractivity contribution is -0.160. The number of likely N-dealkylation sites (tertiary alicyclic amines) is 1. The van der Waals surface area contributed by atoms with Crippen LogP contribution in [0.4, 0.5) is 0 Å². The minimum atomic E-state index is -0.441. The SMILES string of the molecule is O=C(CNC(=O)C1CCCN1C(=O)C12CC3CC(CC(C3)C1)C2)NCc1ccco1. The van der Waals surface area contributed by atoms with E-state index in [1.807, 2.05) is 4.90 Å². The van der Waals surface area contributed by atoms with Crippen molar-refractivity contribution < 1.29 is 18.8 Å². The topological polar surface area (TPSA) is 91.7 Å². The number of furan rings is 1. The fourth-order valence-corrected chi connectivity index (χ4v) is 6.91. The van der Waals surface area contributed by atoms with E-state index in [-0.39, 0.29) is 29.7 Å². The summed E-state index contributed by atoms with van der Waals surface area (Å²) in [5, 5.41) is 5.46. The minimum Gasteiger partial charge on any atom is -0.467 e. The summed E-state index contributed by atoms with van der Waals surface area (Å²) in [6, 6.07) is 3.10. The van der Waals surface area contributed by atoms with Crippen LogP contribution in [-0.2, 0) is 20.9 Å². The molecule has 5 aliphatic rings. The Morgan fingerprint density at radius 1 is 1.07 bits per heavy atom. The first-order valence-electron chi connectivity index (χ1n) is 11.4. The Bertz CT molecular complexity index is 783. The summed E-state index contributed by atoms with van der Waals surface area (Å²) in [6.45, 7) is 0.862. The summed E-state index contributed by atoms with van der Waals surface area (Å²) >= 11 is 0. The van der Waals surface area contributed by atoms with Crippen LogP contribution in [0.5, 0.6) is 0 Å². The van der Waals surface area contributed by atoms with Gasteiger partial charge in [0.1, 0.15) is 11.8 Å². The molecule has 4 saturated carbocycles. The highest BCUT2D eigenvalue weighted by Gasteiger charge is 2.56. The molecule has 5 fully saturated rings. The van der Waals surface area contributed by atoms with Crippen molar-refractivity contribution in [3.05, 3.63) is 24.2 Å². The molecule has 1 aliphatic heterocycles. The maximum atomic E-state index is 13.6. The first kappa shape index (κ1) is 19.6. The third kappa shape index (κ3) is 3.63. The molecule has 162 valence electrons. The average Bonchev–Trinajstić information content (AvgIpc) is 3.40. The van der Waals surface area contributed by atoms with Crippen molar-refractivity contribution in [3.63, 3.8) is 0 Å². The van der Waals surface area contributed by atoms with Gasteiger partial charge in [0.25, 0.3) is 0 Å². The summed E-state index contributed by atoms with van der Waals surface area (Å²) in [6.07, 6.45) is 10.0. The lowest BCUT2D eigenvalue weighted by Crippen LogP contribution is -2.57. The molecule has 7 nitrogen and oxygen atoms in total. The zero-order valence-corrected chi connectivity index (χ0v) is 17.4. The maximum Gasteiger partial charge on any atom is 0.243 e. The van der Waals surface area contributed by atoms with Gasteiger partial charge in [0.2, 0.25) is 17.7 Å². The van der Waals surface area contributed by atoms with Crippen LogP contribution >= 0.6 is 0 Å². The van der Waals surface area contributed by atoms with Crippen LogP contribution in [0.2, 0.25) is 0 Å². The van der Waals surface area contributed by atoms with Crippen LogP contribution in [0.25, 0.3) is 0 Å². The molecule has 1 aromatic rings. The Morgan fingerprint density at radius 2 is 1.77 bits per heavy atom. The largest absolute Gasteiger partial charge is 0.467 e. The highest BCUT2D eigenvalue weighted by molar-refractivity contribution is 5.92. The first-order valence-corrected chi connectivity index (χ1v) is 11.4. The molecule has 1 unspecified atom stereocenters. The minimum absolute atomic E-state index is 0.0879. The number of rotatable bonds is 6. The Kier molecular flexibility index (Phi) is 5.07. The Hall–Kier alpha value is -2.31. The fourth-order valence-electron chi connectivity index (χ4n) is 6.91. The van der Waals surface area contributed by atoms with Gasteiger partial charge in [-0.1, -0.05) is 0 Å². The number of carbonyl (C=O) groups excluding carboxylic acids is 3. The molecular weight excluding hydrogens is 382 g/mol. The molecular formula is C23H31N3O4. The lowest BCUT2D eigenvalue weighted by Gasteiger charge is -2.56. The third-order valence-electron chi connectivity index (χ3n) is 7.77. The smallest absolute Gasteiger partial charge is 0.243 e. The summed E-state index contributed by atoms with van der Waals surface area (Å²) < 4.78 is 5.19. The van der Waals surface area contributed by atoms with Gasteiger partial charge in [-0.25, -0.2) is 0 Å². The van der Waals surface area contributed by atoms with Gasteiger partial charge in [-0.15, -0.1) is 0 Å². The molecule has 1 saturated heterocycles. The molecule has 4 aliphatic carbocycles. The van der Waals surface area contributed by atoms with E-state index in [2.05, 4.69) is 10.6 Å². The summed E-state index contributed by atoms with van der Waals surface area (Å²) in [5.74, 6) is 2.50. The predicted octanol–water partition coefficient (Wildman–Crippen LogP) is 2.22. The van der Waals surface area contributed by atoms with Crippen LogP contribution in [0.1, 0.15) is 57.1 Å². The van der Waals surface area contributed by atoms with Crippen molar-refractivity contribution in [1.82, 2.24) is 15.5 Å². The van der Waals surface area contributed by atoms with Gasteiger partial charge in [0.05, 0.1) is 24.8 Å². The van der Waals surface area contributed by atoms with Gasteiger partial charge in [0, 0.05) is 6.54 Å². The lowest BCUT2D eigenvalue weighted by atomic mass is 9.49. The van der Waals surface area contributed by atoms with E-state index < -0.39 is 6.04 Å². The van der Waals surface area contributed by atoms with E-state index in [1.54, 1.807) is 18.4 Å². The van der Waals surface area contributed by atoms with Crippen LogP contribution in [0, 0.1) is 23.2 Å². The van der Waals surface area contributed by atoms with E-state index in [9.17, 15) is 14.4 Å². The van der Waals surface area contributed by atoms with Crippen LogP contribution in [-0.4, -0.2) is 41.8 Å². The monoisotopic (exact) mass is 413 g/mol. The van der Waals surface area contributed by atoms with Crippen molar-refractivity contribution >= 4 is 17.7 Å². The van der Waals surface area contributed by atoms with E-state index in [4.69, 9.17) is 4.42 Å². The third-order valence-corrected chi connectivity index (χ3v) is 7.77. The standard InChI is InChI=1S/C23H31N3O4/c27-20(24-13-18-3-2-6-30-18)14-25-21(28)19-4-1-5-26(19)22(29)23-10-15-7-16(11-23)9-17(8-15)12-23/h2-3,6,15-17,19H,1,4-5,7-14H2,(H,24,27)(H,25,28). The number of hydrogen-bond donors (Lipinski definition) is 2. The van der Waals surface area contributed by atoms with Gasteiger partial charge in [-0.05, 0) is 81.3 Å². The highest BCUT2D eigenvalue weighted by atomic mass is 16.3. The molecule has 3 amide bonds. The van der Waals surface area contributed by atoms with Crippen molar-refractivity contribution in [3.8, 4) is 0 Å². The van der Waals surface area contributed by atoms with E-state index >= 15 is 0 Å². The van der Waals surface area contributed by atoms with E-state index in [1.165, 1.54) is 19.3 Å². The van der Waals surface area contributed by atoms with E-state index in [0.29, 0.717) is 43.0 Å².